The first-order valence-corrected chi connectivity index (χ1v) is 10.5. The zero-order valence-corrected chi connectivity index (χ0v) is 16.2. The van der Waals surface area contributed by atoms with E-state index in [2.05, 4.69) is 26.9 Å². The third-order valence-corrected chi connectivity index (χ3v) is 6.01. The molecule has 7 heteroatoms. The van der Waals surface area contributed by atoms with Crippen molar-refractivity contribution in [2.24, 2.45) is 0 Å². The minimum atomic E-state index is 0.257. The summed E-state index contributed by atoms with van der Waals surface area (Å²) in [6.07, 6.45) is 3.80. The SMILES string of the molecule is c1ccc(-n2c(SCC3CCCCO3)nnc2-c2ccc3c(c2)OCO3)cc1. The van der Waals surface area contributed by atoms with Crippen LogP contribution in [-0.2, 0) is 4.74 Å². The molecule has 3 heterocycles. The van der Waals surface area contributed by atoms with Crippen LogP contribution in [0.1, 0.15) is 19.3 Å². The topological polar surface area (TPSA) is 58.4 Å². The Morgan fingerprint density at radius 2 is 1.89 bits per heavy atom. The molecule has 1 fully saturated rings. The molecule has 2 aromatic carbocycles. The van der Waals surface area contributed by atoms with E-state index in [0.29, 0.717) is 0 Å². The first-order valence-electron chi connectivity index (χ1n) is 9.54. The molecule has 0 spiro atoms. The maximum atomic E-state index is 5.88. The standard InChI is InChI=1S/C21H21N3O3S/c1-2-6-16(7-3-1)24-20(15-9-10-18-19(12-15)27-14-26-18)22-23-21(24)28-13-17-8-4-5-11-25-17/h1-3,6-7,9-10,12,17H,4-5,8,11,13-14H2. The van der Waals surface area contributed by atoms with Gasteiger partial charge in [-0.05, 0) is 49.6 Å². The summed E-state index contributed by atoms with van der Waals surface area (Å²) in [6, 6.07) is 16.1. The Morgan fingerprint density at radius 1 is 1.00 bits per heavy atom. The number of rotatable bonds is 5. The molecule has 6 nitrogen and oxygen atoms in total. The molecule has 1 atom stereocenters. The van der Waals surface area contributed by atoms with E-state index in [1.54, 1.807) is 11.8 Å². The van der Waals surface area contributed by atoms with Gasteiger partial charge < -0.3 is 14.2 Å². The third-order valence-electron chi connectivity index (χ3n) is 4.95. The summed E-state index contributed by atoms with van der Waals surface area (Å²) in [5.41, 5.74) is 1.98. The summed E-state index contributed by atoms with van der Waals surface area (Å²) in [5, 5.41) is 9.87. The smallest absolute Gasteiger partial charge is 0.231 e. The lowest BCUT2D eigenvalue weighted by molar-refractivity contribution is 0.0315. The molecule has 0 saturated carbocycles. The lowest BCUT2D eigenvalue weighted by Gasteiger charge is -2.22. The number of ether oxygens (including phenoxy) is 3. The molecule has 3 aromatic rings. The van der Waals surface area contributed by atoms with Gasteiger partial charge in [0, 0.05) is 23.6 Å². The molecule has 1 unspecified atom stereocenters. The normalized spacial score (nSPS) is 18.4. The van der Waals surface area contributed by atoms with Crippen molar-refractivity contribution in [2.75, 3.05) is 19.2 Å². The van der Waals surface area contributed by atoms with E-state index in [1.165, 1.54) is 6.42 Å². The molecule has 1 aromatic heterocycles. The molecule has 2 aliphatic heterocycles. The van der Waals surface area contributed by atoms with Crippen LogP contribution in [0.4, 0.5) is 0 Å². The first-order chi connectivity index (χ1) is 13.9. The zero-order valence-electron chi connectivity index (χ0n) is 15.4. The maximum absolute atomic E-state index is 5.88. The van der Waals surface area contributed by atoms with Gasteiger partial charge in [0.05, 0.1) is 6.10 Å². The number of fused-ring (bicyclic) bond motifs is 1. The van der Waals surface area contributed by atoms with Gasteiger partial charge in [0.15, 0.2) is 22.5 Å². The summed E-state index contributed by atoms with van der Waals surface area (Å²) < 4.78 is 19.0. The summed E-state index contributed by atoms with van der Waals surface area (Å²) in [4.78, 5) is 0. The van der Waals surface area contributed by atoms with E-state index in [-0.39, 0.29) is 12.9 Å². The quantitative estimate of drug-likeness (QED) is 0.600. The Labute approximate surface area is 167 Å². The van der Waals surface area contributed by atoms with Crippen LogP contribution in [0.25, 0.3) is 17.1 Å². The Hall–Kier alpha value is -2.51. The zero-order chi connectivity index (χ0) is 18.8. The second-order valence-corrected chi connectivity index (χ2v) is 7.83. The summed E-state index contributed by atoms with van der Waals surface area (Å²) in [5.74, 6) is 3.17. The number of para-hydroxylation sites is 1. The minimum absolute atomic E-state index is 0.257. The lowest BCUT2D eigenvalue weighted by atomic mass is 10.1. The van der Waals surface area contributed by atoms with Crippen LogP contribution in [0.3, 0.4) is 0 Å². The molecule has 0 aliphatic carbocycles. The van der Waals surface area contributed by atoms with Crippen LogP contribution in [0.2, 0.25) is 0 Å². The molecule has 0 N–H and O–H groups in total. The summed E-state index contributed by atoms with van der Waals surface area (Å²) >= 11 is 1.70. The largest absolute Gasteiger partial charge is 0.454 e. The van der Waals surface area contributed by atoms with E-state index < -0.39 is 0 Å². The highest BCUT2D eigenvalue weighted by Gasteiger charge is 2.21. The van der Waals surface area contributed by atoms with Gasteiger partial charge in [0.2, 0.25) is 6.79 Å². The monoisotopic (exact) mass is 395 g/mol. The maximum Gasteiger partial charge on any atom is 0.231 e. The van der Waals surface area contributed by atoms with Gasteiger partial charge in [-0.3, -0.25) is 4.57 Å². The molecule has 144 valence electrons. The fraction of sp³-hybridized carbons (Fsp3) is 0.333. The van der Waals surface area contributed by atoms with E-state index in [9.17, 15) is 0 Å². The molecule has 2 aliphatic rings. The van der Waals surface area contributed by atoms with Crippen molar-refractivity contribution in [1.29, 1.82) is 0 Å². The molecular weight excluding hydrogens is 374 g/mol. The number of benzene rings is 2. The van der Waals surface area contributed by atoms with Crippen LogP contribution in [0.15, 0.2) is 53.7 Å². The highest BCUT2D eigenvalue weighted by Crippen LogP contribution is 2.37. The molecular formula is C21H21N3O3S. The average Bonchev–Trinajstić information content (AvgIpc) is 3.40. The second kappa shape index (κ2) is 7.85. The van der Waals surface area contributed by atoms with E-state index in [0.717, 1.165) is 58.9 Å². The van der Waals surface area contributed by atoms with Crippen molar-refractivity contribution in [2.45, 2.75) is 30.5 Å². The highest BCUT2D eigenvalue weighted by molar-refractivity contribution is 7.99. The van der Waals surface area contributed by atoms with Crippen LogP contribution >= 0.6 is 11.8 Å². The number of hydrogen-bond acceptors (Lipinski definition) is 6. The minimum Gasteiger partial charge on any atom is -0.454 e. The number of thioether (sulfide) groups is 1. The fourth-order valence-electron chi connectivity index (χ4n) is 3.50. The Bertz CT molecular complexity index is 955. The summed E-state index contributed by atoms with van der Waals surface area (Å²) in [6.45, 7) is 1.12. The van der Waals surface area contributed by atoms with Crippen LogP contribution in [0.5, 0.6) is 11.5 Å². The van der Waals surface area contributed by atoms with E-state index in [1.807, 2.05) is 36.4 Å². The van der Waals surface area contributed by atoms with Crippen molar-refractivity contribution < 1.29 is 14.2 Å². The molecule has 1 saturated heterocycles. The Kier molecular flexibility index (Phi) is 4.93. The van der Waals surface area contributed by atoms with Crippen molar-refractivity contribution in [1.82, 2.24) is 14.8 Å². The molecule has 5 rings (SSSR count). The third kappa shape index (κ3) is 3.47. The van der Waals surface area contributed by atoms with Crippen LogP contribution in [0, 0.1) is 0 Å². The van der Waals surface area contributed by atoms with Gasteiger partial charge in [-0.25, -0.2) is 0 Å². The fourth-order valence-corrected chi connectivity index (χ4v) is 4.52. The Balaban J connectivity index is 1.49. The molecule has 0 bridgehead atoms. The Morgan fingerprint density at radius 3 is 2.75 bits per heavy atom. The molecule has 28 heavy (non-hydrogen) atoms. The van der Waals surface area contributed by atoms with Gasteiger partial charge in [0.1, 0.15) is 0 Å². The van der Waals surface area contributed by atoms with Crippen LogP contribution < -0.4 is 9.47 Å². The van der Waals surface area contributed by atoms with Crippen molar-refractivity contribution in [3.8, 4) is 28.6 Å². The summed E-state index contributed by atoms with van der Waals surface area (Å²) in [7, 11) is 0. The van der Waals surface area contributed by atoms with Crippen molar-refractivity contribution >= 4 is 11.8 Å². The second-order valence-electron chi connectivity index (χ2n) is 6.84. The molecule has 0 radical (unpaired) electrons. The lowest BCUT2D eigenvalue weighted by Crippen LogP contribution is -2.21. The number of hydrogen-bond donors (Lipinski definition) is 0. The predicted octanol–water partition coefficient (Wildman–Crippen LogP) is 4.32. The van der Waals surface area contributed by atoms with E-state index >= 15 is 0 Å². The predicted molar refractivity (Wildman–Crippen MR) is 107 cm³/mol. The highest BCUT2D eigenvalue weighted by atomic mass is 32.2. The van der Waals surface area contributed by atoms with Gasteiger partial charge in [-0.2, -0.15) is 0 Å². The van der Waals surface area contributed by atoms with Gasteiger partial charge in [-0.15, -0.1) is 10.2 Å². The van der Waals surface area contributed by atoms with Gasteiger partial charge >= 0.3 is 0 Å². The number of aromatic nitrogens is 3. The first kappa shape index (κ1) is 17.6. The van der Waals surface area contributed by atoms with Crippen LogP contribution in [-0.4, -0.2) is 40.0 Å². The van der Waals surface area contributed by atoms with Crippen molar-refractivity contribution in [3.63, 3.8) is 0 Å². The van der Waals surface area contributed by atoms with Crippen molar-refractivity contribution in [3.05, 3.63) is 48.5 Å². The average molecular weight is 395 g/mol. The van der Waals surface area contributed by atoms with Gasteiger partial charge in [-0.1, -0.05) is 30.0 Å². The number of nitrogens with zero attached hydrogens (tertiary/aromatic N) is 3. The van der Waals surface area contributed by atoms with Gasteiger partial charge in [0.25, 0.3) is 0 Å². The molecule has 0 amide bonds. The van der Waals surface area contributed by atoms with E-state index in [4.69, 9.17) is 14.2 Å².